The second-order valence-corrected chi connectivity index (χ2v) is 7.70. The van der Waals surface area contributed by atoms with Crippen molar-refractivity contribution in [3.05, 3.63) is 90.0 Å². The Morgan fingerprint density at radius 3 is 2.00 bits per heavy atom. The van der Waals surface area contributed by atoms with Gasteiger partial charge in [-0.2, -0.15) is 0 Å². The minimum absolute atomic E-state index is 0.0540. The second-order valence-electron chi connectivity index (χ2n) is 7.70. The fraction of sp³-hybridized carbons (Fsp3) is 0.240. The molecule has 3 aromatic rings. The van der Waals surface area contributed by atoms with Crippen LogP contribution in [-0.4, -0.2) is 19.2 Å². The molecular weight excluding hydrogens is 364 g/mol. The van der Waals surface area contributed by atoms with Gasteiger partial charge in [0.15, 0.2) is 0 Å². The van der Waals surface area contributed by atoms with Gasteiger partial charge in [0, 0.05) is 0 Å². The number of hydrogen-bond acceptors (Lipinski definition) is 4. The van der Waals surface area contributed by atoms with E-state index in [0.29, 0.717) is 30.3 Å². The predicted octanol–water partition coefficient (Wildman–Crippen LogP) is 5.66. The molecule has 0 bridgehead atoms. The molecule has 150 valence electrons. The van der Waals surface area contributed by atoms with Gasteiger partial charge in [0.1, 0.15) is 30.5 Å². The molecule has 0 unspecified atom stereocenters. The highest BCUT2D eigenvalue weighted by Gasteiger charge is 2.14. The fourth-order valence-corrected chi connectivity index (χ4v) is 2.74. The van der Waals surface area contributed by atoms with Gasteiger partial charge in [-0.3, -0.25) is 0 Å². The van der Waals surface area contributed by atoms with Crippen LogP contribution in [-0.2, 0) is 5.41 Å². The molecule has 0 atom stereocenters. The number of ether oxygens (including phenoxy) is 3. The molecule has 0 heterocycles. The lowest BCUT2D eigenvalue weighted by Gasteiger charge is -2.19. The van der Waals surface area contributed by atoms with Crippen LogP contribution in [0.1, 0.15) is 36.7 Å². The first-order chi connectivity index (χ1) is 13.9. The Balaban J connectivity index is 1.53. The molecule has 0 saturated heterocycles. The van der Waals surface area contributed by atoms with Gasteiger partial charge in [-0.15, -0.1) is 0 Å². The summed E-state index contributed by atoms with van der Waals surface area (Å²) in [6.07, 6.45) is 0. The Hall–Kier alpha value is -3.27. The van der Waals surface area contributed by atoms with E-state index < -0.39 is 5.97 Å². The number of carbonyl (C=O) groups excluding carboxylic acids is 1. The minimum atomic E-state index is -0.417. The summed E-state index contributed by atoms with van der Waals surface area (Å²) in [5.74, 6) is 1.50. The molecule has 0 spiro atoms. The summed E-state index contributed by atoms with van der Waals surface area (Å²) in [5.41, 5.74) is 1.68. The van der Waals surface area contributed by atoms with Crippen LogP contribution in [0.15, 0.2) is 78.9 Å². The summed E-state index contributed by atoms with van der Waals surface area (Å²) in [7, 11) is 0. The number of rotatable bonds is 7. The van der Waals surface area contributed by atoms with E-state index in [-0.39, 0.29) is 5.41 Å². The molecule has 0 fully saturated rings. The van der Waals surface area contributed by atoms with Crippen LogP contribution in [0.2, 0.25) is 0 Å². The van der Waals surface area contributed by atoms with E-state index >= 15 is 0 Å². The monoisotopic (exact) mass is 390 g/mol. The zero-order valence-electron chi connectivity index (χ0n) is 17.1. The Labute approximate surface area is 172 Å². The summed E-state index contributed by atoms with van der Waals surface area (Å²) >= 11 is 0. The number of hydrogen-bond donors (Lipinski definition) is 0. The van der Waals surface area contributed by atoms with Crippen LogP contribution >= 0.6 is 0 Å². The first kappa shape index (κ1) is 20.5. The van der Waals surface area contributed by atoms with E-state index in [4.69, 9.17) is 14.2 Å². The summed E-state index contributed by atoms with van der Waals surface area (Å²) in [5, 5.41) is 0. The first-order valence-electron chi connectivity index (χ1n) is 9.65. The largest absolute Gasteiger partial charge is 0.490 e. The molecule has 0 N–H and O–H groups in total. The van der Waals surface area contributed by atoms with Crippen molar-refractivity contribution >= 4 is 5.97 Å². The Bertz CT molecular complexity index is 925. The Morgan fingerprint density at radius 1 is 0.724 bits per heavy atom. The highest BCUT2D eigenvalue weighted by Crippen LogP contribution is 2.25. The normalized spacial score (nSPS) is 11.0. The number of benzene rings is 3. The molecule has 0 saturated carbocycles. The first-order valence-corrected chi connectivity index (χ1v) is 9.65. The van der Waals surface area contributed by atoms with E-state index in [1.165, 1.54) is 5.56 Å². The van der Waals surface area contributed by atoms with Gasteiger partial charge in [-0.1, -0.05) is 57.2 Å². The van der Waals surface area contributed by atoms with Gasteiger partial charge in [0.25, 0.3) is 0 Å². The maximum atomic E-state index is 12.5. The Morgan fingerprint density at radius 2 is 1.34 bits per heavy atom. The highest BCUT2D eigenvalue weighted by molar-refractivity contribution is 5.91. The van der Waals surface area contributed by atoms with Crippen molar-refractivity contribution in [1.29, 1.82) is 0 Å². The molecule has 0 amide bonds. The quantitative estimate of drug-likeness (QED) is 0.297. The molecule has 0 radical (unpaired) electrons. The maximum absolute atomic E-state index is 12.5. The lowest BCUT2D eigenvalue weighted by Crippen LogP contribution is -2.12. The van der Waals surface area contributed by atoms with Gasteiger partial charge in [0.2, 0.25) is 0 Å². The smallest absolute Gasteiger partial charge is 0.343 e. The van der Waals surface area contributed by atoms with Crippen LogP contribution in [0, 0.1) is 0 Å². The number of esters is 1. The molecule has 29 heavy (non-hydrogen) atoms. The second kappa shape index (κ2) is 9.28. The minimum Gasteiger partial charge on any atom is -0.490 e. The van der Waals surface area contributed by atoms with E-state index in [0.717, 1.165) is 5.75 Å². The third-order valence-electron chi connectivity index (χ3n) is 4.36. The Kier molecular flexibility index (Phi) is 6.55. The average molecular weight is 390 g/mol. The molecule has 4 heteroatoms. The zero-order valence-corrected chi connectivity index (χ0v) is 17.1. The molecule has 0 aromatic heterocycles. The fourth-order valence-electron chi connectivity index (χ4n) is 2.74. The van der Waals surface area contributed by atoms with Gasteiger partial charge >= 0.3 is 5.97 Å². The lowest BCUT2D eigenvalue weighted by molar-refractivity contribution is 0.0734. The topological polar surface area (TPSA) is 44.8 Å². The molecule has 3 rings (SSSR count). The lowest BCUT2D eigenvalue weighted by atomic mass is 9.87. The van der Waals surface area contributed by atoms with Crippen LogP contribution in [0.5, 0.6) is 17.2 Å². The molecular formula is C25H26O4. The summed E-state index contributed by atoms with van der Waals surface area (Å²) in [6, 6.07) is 24.1. The van der Waals surface area contributed by atoms with Crippen LogP contribution in [0.25, 0.3) is 0 Å². The van der Waals surface area contributed by atoms with E-state index in [1.807, 2.05) is 54.6 Å². The summed E-state index contributed by atoms with van der Waals surface area (Å²) in [6.45, 7) is 7.22. The molecule has 3 aromatic carbocycles. The van der Waals surface area contributed by atoms with Gasteiger partial charge < -0.3 is 14.2 Å². The summed E-state index contributed by atoms with van der Waals surface area (Å²) < 4.78 is 16.8. The van der Waals surface area contributed by atoms with Crippen LogP contribution in [0.3, 0.4) is 0 Å². The van der Waals surface area contributed by atoms with Crippen molar-refractivity contribution in [1.82, 2.24) is 0 Å². The van der Waals surface area contributed by atoms with Crippen molar-refractivity contribution in [2.24, 2.45) is 0 Å². The number of para-hydroxylation sites is 1. The molecule has 0 aliphatic carbocycles. The predicted molar refractivity (Wildman–Crippen MR) is 114 cm³/mol. The van der Waals surface area contributed by atoms with Crippen molar-refractivity contribution < 1.29 is 19.0 Å². The third-order valence-corrected chi connectivity index (χ3v) is 4.36. The third kappa shape index (κ3) is 6.11. The van der Waals surface area contributed by atoms with Gasteiger partial charge in [-0.25, -0.2) is 4.79 Å². The van der Waals surface area contributed by atoms with Gasteiger partial charge in [0.05, 0.1) is 5.56 Å². The SMILES string of the molecule is CC(C)(C)c1ccc(OC(=O)c2cccc(OCCOc3ccccc3)c2)cc1. The van der Waals surface area contributed by atoms with Crippen molar-refractivity contribution in [3.63, 3.8) is 0 Å². The van der Waals surface area contributed by atoms with Gasteiger partial charge in [-0.05, 0) is 53.4 Å². The highest BCUT2D eigenvalue weighted by atomic mass is 16.5. The van der Waals surface area contributed by atoms with Crippen LogP contribution in [0.4, 0.5) is 0 Å². The molecule has 0 aliphatic rings. The summed E-state index contributed by atoms with van der Waals surface area (Å²) in [4.78, 5) is 12.5. The molecule has 0 aliphatic heterocycles. The van der Waals surface area contributed by atoms with E-state index in [2.05, 4.69) is 20.8 Å². The maximum Gasteiger partial charge on any atom is 0.343 e. The van der Waals surface area contributed by atoms with Crippen molar-refractivity contribution in [3.8, 4) is 17.2 Å². The molecule has 4 nitrogen and oxygen atoms in total. The van der Waals surface area contributed by atoms with E-state index in [9.17, 15) is 4.79 Å². The van der Waals surface area contributed by atoms with Crippen LogP contribution < -0.4 is 14.2 Å². The zero-order chi connectivity index (χ0) is 20.7. The van der Waals surface area contributed by atoms with Crippen molar-refractivity contribution in [2.45, 2.75) is 26.2 Å². The van der Waals surface area contributed by atoms with E-state index in [1.54, 1.807) is 24.3 Å². The standard InChI is InChI=1S/C25H26O4/c1-25(2,3)20-12-14-22(15-13-20)29-24(26)19-8-7-11-23(18-19)28-17-16-27-21-9-5-4-6-10-21/h4-15,18H,16-17H2,1-3H3. The van der Waals surface area contributed by atoms with Crippen molar-refractivity contribution in [2.75, 3.05) is 13.2 Å². The number of carbonyl (C=O) groups is 1. The average Bonchev–Trinajstić information content (AvgIpc) is 2.72.